The quantitative estimate of drug-likeness (QED) is 0.533. The maximum absolute atomic E-state index is 12.9. The van der Waals surface area contributed by atoms with Crippen molar-refractivity contribution in [3.8, 4) is 0 Å². The van der Waals surface area contributed by atoms with Crippen LogP contribution in [-0.4, -0.2) is 20.6 Å². The van der Waals surface area contributed by atoms with E-state index in [0.717, 1.165) is 27.8 Å². The molecule has 5 heteroatoms. The Morgan fingerprint density at radius 3 is 1.90 bits per heavy atom. The molecule has 0 aromatic heterocycles. The van der Waals surface area contributed by atoms with Crippen molar-refractivity contribution in [3.05, 3.63) is 106 Å². The molecule has 4 rings (SSSR count). The predicted octanol–water partition coefficient (Wildman–Crippen LogP) is 5.22. The molecule has 31 heavy (non-hydrogen) atoms. The lowest BCUT2D eigenvalue weighted by atomic mass is 9.93. The number of hydrogen-bond donors (Lipinski definition) is 0. The van der Waals surface area contributed by atoms with Crippen LogP contribution in [0.1, 0.15) is 27.8 Å². The van der Waals surface area contributed by atoms with Crippen LogP contribution in [0.2, 0.25) is 0 Å². The SMILES string of the molecule is Cc1cccc(C)c1/C=C1\OC(=O)C(c2ccccc2)=C1c1ccc(S(C)(=O)=O)cc1. The molecule has 0 spiro atoms. The molecule has 4 nitrogen and oxygen atoms in total. The third-order valence-corrected chi connectivity index (χ3v) is 6.48. The topological polar surface area (TPSA) is 60.4 Å². The third kappa shape index (κ3) is 4.09. The van der Waals surface area contributed by atoms with Gasteiger partial charge in [0.25, 0.3) is 0 Å². The number of esters is 1. The van der Waals surface area contributed by atoms with Crippen LogP contribution < -0.4 is 0 Å². The summed E-state index contributed by atoms with van der Waals surface area (Å²) in [5.74, 6) is 0.0271. The standard InChI is InChI=1S/C26H22O4S/c1-17-8-7-9-18(2)22(17)16-23-24(20-12-14-21(15-13-20)31(3,28)29)25(26(27)30-23)19-10-5-4-6-11-19/h4-16H,1-3H3/b23-16-. The van der Waals surface area contributed by atoms with Crippen LogP contribution in [0.4, 0.5) is 0 Å². The summed E-state index contributed by atoms with van der Waals surface area (Å²) in [6, 6.07) is 21.9. The number of rotatable bonds is 4. The van der Waals surface area contributed by atoms with Crippen molar-refractivity contribution in [2.75, 3.05) is 6.26 Å². The summed E-state index contributed by atoms with van der Waals surface area (Å²) in [7, 11) is -3.32. The molecule has 3 aromatic rings. The minimum absolute atomic E-state index is 0.226. The van der Waals surface area contributed by atoms with Gasteiger partial charge in [-0.3, -0.25) is 0 Å². The summed E-state index contributed by atoms with van der Waals surface area (Å²) in [6.07, 6.45) is 3.06. The summed E-state index contributed by atoms with van der Waals surface area (Å²) in [6.45, 7) is 4.02. The molecule has 0 N–H and O–H groups in total. The number of benzene rings is 3. The molecule has 1 aliphatic rings. The van der Waals surface area contributed by atoms with E-state index in [9.17, 15) is 13.2 Å². The first-order chi connectivity index (χ1) is 14.8. The Morgan fingerprint density at radius 2 is 1.32 bits per heavy atom. The van der Waals surface area contributed by atoms with E-state index in [1.54, 1.807) is 24.3 Å². The van der Waals surface area contributed by atoms with Gasteiger partial charge in [0.05, 0.1) is 10.5 Å². The van der Waals surface area contributed by atoms with E-state index in [-0.39, 0.29) is 4.90 Å². The molecule has 0 fully saturated rings. The number of ether oxygens (including phenoxy) is 1. The predicted molar refractivity (Wildman–Crippen MR) is 123 cm³/mol. The minimum atomic E-state index is -3.32. The van der Waals surface area contributed by atoms with Crippen molar-refractivity contribution in [2.45, 2.75) is 18.7 Å². The van der Waals surface area contributed by atoms with E-state index >= 15 is 0 Å². The number of allylic oxidation sites excluding steroid dienone is 1. The monoisotopic (exact) mass is 430 g/mol. The molecule has 0 aliphatic carbocycles. The van der Waals surface area contributed by atoms with E-state index in [1.807, 2.05) is 68.5 Å². The number of carbonyl (C=O) groups excluding carboxylic acids is 1. The number of aryl methyl sites for hydroxylation is 2. The first-order valence-electron chi connectivity index (χ1n) is 9.86. The number of carbonyl (C=O) groups is 1. The summed E-state index contributed by atoms with van der Waals surface area (Å²) in [4.78, 5) is 13.2. The average Bonchev–Trinajstić information content (AvgIpc) is 3.06. The highest BCUT2D eigenvalue weighted by Crippen LogP contribution is 2.41. The van der Waals surface area contributed by atoms with Gasteiger partial charge in [0.15, 0.2) is 9.84 Å². The first kappa shape index (κ1) is 20.8. The molecular formula is C26H22O4S. The summed E-state index contributed by atoms with van der Waals surface area (Å²) >= 11 is 0. The molecule has 0 radical (unpaired) electrons. The Morgan fingerprint density at radius 1 is 0.742 bits per heavy atom. The van der Waals surface area contributed by atoms with Gasteiger partial charge < -0.3 is 4.74 Å². The van der Waals surface area contributed by atoms with E-state index in [2.05, 4.69) is 0 Å². The lowest BCUT2D eigenvalue weighted by Crippen LogP contribution is -1.98. The fourth-order valence-electron chi connectivity index (χ4n) is 3.74. The minimum Gasteiger partial charge on any atom is -0.422 e. The highest BCUT2D eigenvalue weighted by molar-refractivity contribution is 7.90. The van der Waals surface area contributed by atoms with Crippen LogP contribution >= 0.6 is 0 Å². The average molecular weight is 431 g/mol. The van der Waals surface area contributed by atoms with Crippen LogP contribution in [0.3, 0.4) is 0 Å². The normalized spacial score (nSPS) is 15.5. The zero-order valence-corrected chi connectivity index (χ0v) is 18.4. The van der Waals surface area contributed by atoms with Crippen molar-refractivity contribution >= 4 is 33.0 Å². The second kappa shape index (κ2) is 8.00. The number of hydrogen-bond acceptors (Lipinski definition) is 4. The molecule has 156 valence electrons. The fourth-order valence-corrected chi connectivity index (χ4v) is 4.37. The second-order valence-corrected chi connectivity index (χ2v) is 9.63. The molecule has 1 heterocycles. The van der Waals surface area contributed by atoms with E-state index in [1.165, 1.54) is 6.26 Å². The molecule has 0 amide bonds. The molecule has 0 atom stereocenters. The number of cyclic esters (lactones) is 1. The zero-order chi connectivity index (χ0) is 22.2. The van der Waals surface area contributed by atoms with Crippen molar-refractivity contribution < 1.29 is 17.9 Å². The van der Waals surface area contributed by atoms with Gasteiger partial charge in [-0.25, -0.2) is 13.2 Å². The summed E-state index contributed by atoms with van der Waals surface area (Å²) < 4.78 is 29.5. The maximum Gasteiger partial charge on any atom is 0.344 e. The van der Waals surface area contributed by atoms with Gasteiger partial charge >= 0.3 is 5.97 Å². The zero-order valence-electron chi connectivity index (χ0n) is 17.5. The van der Waals surface area contributed by atoms with Crippen LogP contribution in [0, 0.1) is 13.8 Å². The molecule has 0 saturated heterocycles. The Kier molecular flexibility index (Phi) is 5.38. The van der Waals surface area contributed by atoms with Crippen LogP contribution in [0.25, 0.3) is 17.2 Å². The van der Waals surface area contributed by atoms with E-state index < -0.39 is 15.8 Å². The van der Waals surface area contributed by atoms with Gasteiger partial charge in [-0.05, 0) is 59.9 Å². The molecule has 0 unspecified atom stereocenters. The summed E-state index contributed by atoms with van der Waals surface area (Å²) in [5, 5.41) is 0. The van der Waals surface area contributed by atoms with Gasteiger partial charge in [-0.2, -0.15) is 0 Å². The third-order valence-electron chi connectivity index (χ3n) is 5.35. The highest BCUT2D eigenvalue weighted by Gasteiger charge is 2.32. The molecule has 3 aromatic carbocycles. The lowest BCUT2D eigenvalue weighted by molar-refractivity contribution is -0.131. The molecular weight excluding hydrogens is 408 g/mol. The van der Waals surface area contributed by atoms with Gasteiger partial charge in [0.2, 0.25) is 0 Å². The van der Waals surface area contributed by atoms with Gasteiger partial charge in [0.1, 0.15) is 5.76 Å². The van der Waals surface area contributed by atoms with Crippen LogP contribution in [0.15, 0.2) is 83.5 Å². The van der Waals surface area contributed by atoms with E-state index in [0.29, 0.717) is 16.9 Å². The van der Waals surface area contributed by atoms with Crippen molar-refractivity contribution in [2.24, 2.45) is 0 Å². The highest BCUT2D eigenvalue weighted by atomic mass is 32.2. The smallest absolute Gasteiger partial charge is 0.344 e. The maximum atomic E-state index is 12.9. The Hall–Kier alpha value is -3.44. The fraction of sp³-hybridized carbons (Fsp3) is 0.115. The van der Waals surface area contributed by atoms with Crippen LogP contribution in [0.5, 0.6) is 0 Å². The molecule has 1 aliphatic heterocycles. The number of sulfone groups is 1. The largest absolute Gasteiger partial charge is 0.422 e. The van der Waals surface area contributed by atoms with Crippen molar-refractivity contribution in [1.82, 2.24) is 0 Å². The Labute approximate surface area is 182 Å². The lowest BCUT2D eigenvalue weighted by Gasteiger charge is -2.10. The molecule has 0 bridgehead atoms. The summed E-state index contributed by atoms with van der Waals surface area (Å²) in [5.41, 5.74) is 5.72. The van der Waals surface area contributed by atoms with Crippen molar-refractivity contribution in [3.63, 3.8) is 0 Å². The second-order valence-electron chi connectivity index (χ2n) is 7.62. The first-order valence-corrected chi connectivity index (χ1v) is 11.8. The van der Waals surface area contributed by atoms with Crippen LogP contribution in [-0.2, 0) is 19.4 Å². The van der Waals surface area contributed by atoms with Gasteiger partial charge in [-0.1, -0.05) is 60.7 Å². The van der Waals surface area contributed by atoms with Crippen molar-refractivity contribution in [1.29, 1.82) is 0 Å². The van der Waals surface area contributed by atoms with Gasteiger partial charge in [-0.15, -0.1) is 0 Å². The van der Waals surface area contributed by atoms with E-state index in [4.69, 9.17) is 4.74 Å². The van der Waals surface area contributed by atoms with Gasteiger partial charge in [0, 0.05) is 11.8 Å². The Balaban J connectivity index is 1.96. The Bertz CT molecular complexity index is 1310. The molecule has 0 saturated carbocycles.